The van der Waals surface area contributed by atoms with Gasteiger partial charge in [0, 0.05) is 11.8 Å². The summed E-state index contributed by atoms with van der Waals surface area (Å²) >= 11 is 0. The summed E-state index contributed by atoms with van der Waals surface area (Å²) in [5, 5.41) is 12.9. The second kappa shape index (κ2) is 8.91. The summed E-state index contributed by atoms with van der Waals surface area (Å²) in [5.41, 5.74) is 2.48. The smallest absolute Gasteiger partial charge is 0.341 e. The first-order valence-corrected chi connectivity index (χ1v) is 8.74. The molecular formula is C21H21N3O3. The number of hydrogen-bond acceptors (Lipinski definition) is 6. The second-order valence-corrected chi connectivity index (χ2v) is 5.83. The van der Waals surface area contributed by atoms with Crippen LogP contribution in [0.1, 0.15) is 28.9 Å². The van der Waals surface area contributed by atoms with E-state index in [1.807, 2.05) is 60.7 Å². The predicted molar refractivity (Wildman–Crippen MR) is 103 cm³/mol. The number of carbonyl (C=O) groups is 1. The van der Waals surface area contributed by atoms with Crippen LogP contribution in [-0.2, 0) is 4.74 Å². The van der Waals surface area contributed by atoms with Crippen LogP contribution in [0.15, 0.2) is 66.9 Å². The third-order valence-corrected chi connectivity index (χ3v) is 4.02. The van der Waals surface area contributed by atoms with E-state index in [2.05, 4.69) is 15.3 Å². The average molecular weight is 363 g/mol. The largest absolute Gasteiger partial charge is 0.462 e. The third-order valence-electron chi connectivity index (χ3n) is 4.02. The Labute approximate surface area is 157 Å². The highest BCUT2D eigenvalue weighted by Crippen LogP contribution is 2.24. The maximum Gasteiger partial charge on any atom is 0.341 e. The topological polar surface area (TPSA) is 84.3 Å². The lowest BCUT2D eigenvalue weighted by atomic mass is 10.1. The molecule has 0 amide bonds. The number of nitrogens with one attached hydrogen (secondary N) is 1. The summed E-state index contributed by atoms with van der Waals surface area (Å²) in [6.07, 6.45) is 1.45. The summed E-state index contributed by atoms with van der Waals surface area (Å²) in [6.45, 7) is 1.91. The van der Waals surface area contributed by atoms with Crippen LogP contribution in [0.5, 0.6) is 0 Å². The van der Waals surface area contributed by atoms with Crippen molar-refractivity contribution in [2.75, 3.05) is 18.5 Å². The molecule has 3 aromatic rings. The SMILES string of the molecule is CCOC(=O)c1cnc(N[C@@H](CO)c2ccccc2)nc1-c1ccccc1. The average Bonchev–Trinajstić information content (AvgIpc) is 2.73. The maximum atomic E-state index is 12.3. The molecule has 27 heavy (non-hydrogen) atoms. The van der Waals surface area contributed by atoms with Gasteiger partial charge in [-0.05, 0) is 12.5 Å². The van der Waals surface area contributed by atoms with E-state index < -0.39 is 5.97 Å². The molecule has 0 saturated heterocycles. The maximum absolute atomic E-state index is 12.3. The lowest BCUT2D eigenvalue weighted by Gasteiger charge is -2.17. The molecule has 2 aromatic carbocycles. The number of aliphatic hydroxyl groups excluding tert-OH is 1. The standard InChI is InChI=1S/C21H21N3O3/c1-2-27-20(26)17-13-22-21(24-19(17)16-11-7-4-8-12-16)23-18(14-25)15-9-5-3-6-10-15/h3-13,18,25H,2,14H2,1H3,(H,22,23,24)/t18-/m0/s1. The number of rotatable bonds is 7. The molecule has 6 heteroatoms. The molecule has 2 N–H and O–H groups in total. The third kappa shape index (κ3) is 4.48. The highest BCUT2D eigenvalue weighted by atomic mass is 16.5. The number of nitrogens with zero attached hydrogens (tertiary/aromatic N) is 2. The van der Waals surface area contributed by atoms with Gasteiger partial charge in [0.15, 0.2) is 0 Å². The van der Waals surface area contributed by atoms with Crippen molar-refractivity contribution >= 4 is 11.9 Å². The zero-order valence-electron chi connectivity index (χ0n) is 15.0. The zero-order valence-corrected chi connectivity index (χ0v) is 15.0. The Hall–Kier alpha value is -3.25. The van der Waals surface area contributed by atoms with Crippen LogP contribution in [0.3, 0.4) is 0 Å². The van der Waals surface area contributed by atoms with E-state index in [4.69, 9.17) is 4.74 Å². The number of carbonyl (C=O) groups excluding carboxylic acids is 1. The number of ether oxygens (including phenoxy) is 1. The Kier molecular flexibility index (Phi) is 6.12. The van der Waals surface area contributed by atoms with Crippen LogP contribution < -0.4 is 5.32 Å². The van der Waals surface area contributed by atoms with E-state index in [-0.39, 0.29) is 19.3 Å². The Bertz CT molecular complexity index is 886. The van der Waals surface area contributed by atoms with Crippen molar-refractivity contribution in [1.82, 2.24) is 9.97 Å². The van der Waals surface area contributed by atoms with Gasteiger partial charge in [-0.2, -0.15) is 0 Å². The van der Waals surface area contributed by atoms with E-state index in [0.29, 0.717) is 17.2 Å². The minimum Gasteiger partial charge on any atom is -0.462 e. The van der Waals surface area contributed by atoms with Gasteiger partial charge in [-0.15, -0.1) is 0 Å². The summed E-state index contributed by atoms with van der Waals surface area (Å²) in [6, 6.07) is 18.6. The van der Waals surface area contributed by atoms with Crippen LogP contribution in [0.4, 0.5) is 5.95 Å². The van der Waals surface area contributed by atoms with Crippen molar-refractivity contribution in [2.45, 2.75) is 13.0 Å². The molecule has 1 atom stereocenters. The first-order chi connectivity index (χ1) is 13.2. The minimum absolute atomic E-state index is 0.117. The fraction of sp³-hybridized carbons (Fsp3) is 0.190. The summed E-state index contributed by atoms with van der Waals surface area (Å²) in [7, 11) is 0. The monoisotopic (exact) mass is 363 g/mol. The van der Waals surface area contributed by atoms with Gasteiger partial charge in [-0.3, -0.25) is 0 Å². The molecule has 0 aliphatic rings. The summed E-state index contributed by atoms with van der Waals surface area (Å²) < 4.78 is 5.12. The van der Waals surface area contributed by atoms with Crippen molar-refractivity contribution in [3.05, 3.63) is 78.0 Å². The van der Waals surface area contributed by atoms with Gasteiger partial charge < -0.3 is 15.2 Å². The van der Waals surface area contributed by atoms with Gasteiger partial charge in [0.2, 0.25) is 5.95 Å². The number of benzene rings is 2. The molecule has 0 fully saturated rings. The van der Waals surface area contributed by atoms with Gasteiger partial charge in [-0.25, -0.2) is 14.8 Å². The van der Waals surface area contributed by atoms with Gasteiger partial charge in [0.05, 0.1) is 24.9 Å². The highest BCUT2D eigenvalue weighted by molar-refractivity contribution is 5.96. The molecular weight excluding hydrogens is 342 g/mol. The molecule has 1 heterocycles. The van der Waals surface area contributed by atoms with Gasteiger partial charge >= 0.3 is 5.97 Å². The van der Waals surface area contributed by atoms with Crippen molar-refractivity contribution < 1.29 is 14.6 Å². The molecule has 0 saturated carbocycles. The van der Waals surface area contributed by atoms with E-state index >= 15 is 0 Å². The highest BCUT2D eigenvalue weighted by Gasteiger charge is 2.19. The first-order valence-electron chi connectivity index (χ1n) is 8.74. The van der Waals surface area contributed by atoms with Gasteiger partial charge in [0.1, 0.15) is 5.56 Å². The Morgan fingerprint density at radius 2 is 1.78 bits per heavy atom. The van der Waals surface area contributed by atoms with Crippen LogP contribution in [0, 0.1) is 0 Å². The zero-order chi connectivity index (χ0) is 19.1. The van der Waals surface area contributed by atoms with E-state index in [0.717, 1.165) is 11.1 Å². The fourth-order valence-electron chi connectivity index (χ4n) is 2.70. The van der Waals surface area contributed by atoms with Crippen molar-refractivity contribution in [1.29, 1.82) is 0 Å². The normalized spacial score (nSPS) is 11.6. The number of anilines is 1. The number of aromatic nitrogens is 2. The van der Waals surface area contributed by atoms with Gasteiger partial charge in [-0.1, -0.05) is 60.7 Å². The van der Waals surface area contributed by atoms with Crippen LogP contribution in [-0.4, -0.2) is 34.3 Å². The molecule has 0 bridgehead atoms. The fourth-order valence-corrected chi connectivity index (χ4v) is 2.70. The Balaban J connectivity index is 1.96. The molecule has 0 unspecified atom stereocenters. The number of aliphatic hydroxyl groups is 1. The van der Waals surface area contributed by atoms with E-state index in [1.165, 1.54) is 6.20 Å². The quantitative estimate of drug-likeness (QED) is 0.626. The second-order valence-electron chi connectivity index (χ2n) is 5.83. The van der Waals surface area contributed by atoms with E-state index in [9.17, 15) is 9.90 Å². The van der Waals surface area contributed by atoms with Crippen molar-refractivity contribution in [3.8, 4) is 11.3 Å². The summed E-state index contributed by atoms with van der Waals surface area (Å²) in [4.78, 5) is 21.1. The van der Waals surface area contributed by atoms with Crippen LogP contribution in [0.25, 0.3) is 11.3 Å². The molecule has 0 spiro atoms. The number of esters is 1. The lowest BCUT2D eigenvalue weighted by Crippen LogP contribution is -2.17. The molecule has 3 rings (SSSR count). The molecule has 1 aromatic heterocycles. The Morgan fingerprint density at radius 1 is 1.11 bits per heavy atom. The summed E-state index contributed by atoms with van der Waals surface area (Å²) in [5.74, 6) is -0.144. The van der Waals surface area contributed by atoms with Crippen molar-refractivity contribution in [2.24, 2.45) is 0 Å². The first kappa shape index (κ1) is 18.5. The lowest BCUT2D eigenvalue weighted by molar-refractivity contribution is 0.0526. The van der Waals surface area contributed by atoms with Gasteiger partial charge in [0.25, 0.3) is 0 Å². The molecule has 6 nitrogen and oxygen atoms in total. The molecule has 0 aliphatic carbocycles. The van der Waals surface area contributed by atoms with Crippen LogP contribution >= 0.6 is 0 Å². The van der Waals surface area contributed by atoms with Crippen LogP contribution in [0.2, 0.25) is 0 Å². The van der Waals surface area contributed by atoms with E-state index in [1.54, 1.807) is 6.92 Å². The molecule has 0 radical (unpaired) electrons. The Morgan fingerprint density at radius 3 is 2.41 bits per heavy atom. The minimum atomic E-state index is -0.468. The van der Waals surface area contributed by atoms with Crippen molar-refractivity contribution in [3.63, 3.8) is 0 Å². The molecule has 138 valence electrons. The number of hydrogen-bond donors (Lipinski definition) is 2. The predicted octanol–water partition coefficient (Wildman–Crippen LogP) is 3.47. The molecule has 0 aliphatic heterocycles.